The predicted octanol–water partition coefficient (Wildman–Crippen LogP) is 4.57. The lowest BCUT2D eigenvalue weighted by Gasteiger charge is -2.35. The van der Waals surface area contributed by atoms with Gasteiger partial charge in [-0.1, -0.05) is 50.4 Å². The molecule has 4 aliphatic rings. The molecule has 5 heterocycles. The van der Waals surface area contributed by atoms with Crippen molar-refractivity contribution in [1.82, 2.24) is 14.9 Å². The van der Waals surface area contributed by atoms with Crippen LogP contribution in [0.25, 0.3) is 0 Å². The number of nitrogens with zero attached hydrogens (tertiary/aromatic N) is 2. The summed E-state index contributed by atoms with van der Waals surface area (Å²) in [5.41, 5.74) is -0.432. The summed E-state index contributed by atoms with van der Waals surface area (Å²) in [6.07, 6.45) is 11.6. The van der Waals surface area contributed by atoms with Crippen molar-refractivity contribution in [1.29, 1.82) is 0 Å². The van der Waals surface area contributed by atoms with E-state index in [0.29, 0.717) is 31.1 Å². The Morgan fingerprint density at radius 2 is 1.98 bits per heavy atom. The summed E-state index contributed by atoms with van der Waals surface area (Å²) < 4.78 is 6.53. The van der Waals surface area contributed by atoms with Gasteiger partial charge in [-0.2, -0.15) is 0 Å². The molecule has 2 saturated heterocycles. The van der Waals surface area contributed by atoms with Crippen LogP contribution in [0.1, 0.15) is 58.4 Å². The zero-order valence-corrected chi connectivity index (χ0v) is 25.5. The number of likely N-dealkylation sites (tertiary alicyclic amines) is 1. The Kier molecular flexibility index (Phi) is 8.07. The van der Waals surface area contributed by atoms with Crippen molar-refractivity contribution in [3.8, 4) is 0 Å². The van der Waals surface area contributed by atoms with Crippen LogP contribution in [-0.4, -0.2) is 56.3 Å². The minimum atomic E-state index is -1.27. The highest BCUT2D eigenvalue weighted by Crippen LogP contribution is 2.56. The number of Topliss-reactive ketones (excluding diaryl/α,β-unsaturated/α-hetero) is 1. The van der Waals surface area contributed by atoms with E-state index >= 15 is 0 Å². The summed E-state index contributed by atoms with van der Waals surface area (Å²) in [4.78, 5) is 62.8. The second-order valence-electron chi connectivity index (χ2n) is 13.0. The van der Waals surface area contributed by atoms with Crippen LogP contribution in [0.2, 0.25) is 5.15 Å². The first-order chi connectivity index (χ1) is 20.6. The van der Waals surface area contributed by atoms with Gasteiger partial charge in [0.1, 0.15) is 22.6 Å². The summed E-state index contributed by atoms with van der Waals surface area (Å²) in [5.74, 6) is -0.815. The zero-order valence-electron chi connectivity index (χ0n) is 24.8. The van der Waals surface area contributed by atoms with Crippen LogP contribution in [0.4, 0.5) is 5.69 Å². The normalized spacial score (nSPS) is 33.4. The number of rotatable bonds is 9. The molecule has 1 aliphatic carbocycles. The number of aromatic nitrogens is 2. The first kappa shape index (κ1) is 29.8. The van der Waals surface area contributed by atoms with Crippen LogP contribution in [0.5, 0.6) is 0 Å². The molecular weight excluding hydrogens is 568 g/mol. The molecule has 2 aromatic heterocycles. The van der Waals surface area contributed by atoms with Gasteiger partial charge in [-0.25, -0.2) is 0 Å². The largest absolute Gasteiger partial charge is 0.359 e. The maximum absolute atomic E-state index is 14.4. The van der Waals surface area contributed by atoms with E-state index in [1.807, 2.05) is 31.2 Å². The summed E-state index contributed by atoms with van der Waals surface area (Å²) in [6.45, 7) is 6.41. The number of aromatic amines is 1. The van der Waals surface area contributed by atoms with Crippen molar-refractivity contribution in [2.75, 3.05) is 5.32 Å². The van der Waals surface area contributed by atoms with Gasteiger partial charge in [0, 0.05) is 36.6 Å². The second-order valence-corrected chi connectivity index (χ2v) is 13.4. The number of hydrogen-bond donors (Lipinski definition) is 2. The minimum Gasteiger partial charge on any atom is -0.359 e. The maximum Gasteiger partial charge on any atom is 0.251 e. The molecule has 9 unspecified atom stereocenters. The smallest absolute Gasteiger partial charge is 0.251 e. The highest BCUT2D eigenvalue weighted by atomic mass is 35.5. The van der Waals surface area contributed by atoms with Gasteiger partial charge in [0.2, 0.25) is 5.91 Å². The predicted molar refractivity (Wildman–Crippen MR) is 162 cm³/mol. The van der Waals surface area contributed by atoms with Gasteiger partial charge >= 0.3 is 0 Å². The van der Waals surface area contributed by atoms with Crippen LogP contribution in [-0.2, 0) is 25.5 Å². The van der Waals surface area contributed by atoms with Gasteiger partial charge in [0.25, 0.3) is 11.5 Å². The van der Waals surface area contributed by atoms with Gasteiger partial charge in [-0.15, -0.1) is 0 Å². The molecule has 6 rings (SSSR count). The van der Waals surface area contributed by atoms with Crippen LogP contribution >= 0.6 is 11.6 Å². The van der Waals surface area contributed by atoms with Crippen molar-refractivity contribution in [3.63, 3.8) is 0 Å². The zero-order chi connectivity index (χ0) is 30.5. The second kappa shape index (κ2) is 11.7. The Morgan fingerprint density at radius 3 is 2.72 bits per heavy atom. The fraction of sp³-hybridized carbons (Fsp3) is 0.545. The number of carbonyl (C=O) groups is 3. The molecule has 9 atom stereocenters. The first-order valence-electron chi connectivity index (χ1n) is 15.4. The molecule has 1 spiro atoms. The van der Waals surface area contributed by atoms with Gasteiger partial charge in [0.15, 0.2) is 0 Å². The topological polar surface area (TPSA) is 121 Å². The van der Waals surface area contributed by atoms with E-state index in [1.54, 1.807) is 17.3 Å². The minimum absolute atomic E-state index is 0.0485. The Bertz CT molecular complexity index is 1490. The number of ketones is 1. The lowest BCUT2D eigenvalue weighted by Crippen LogP contribution is -2.54. The van der Waals surface area contributed by atoms with E-state index in [9.17, 15) is 19.2 Å². The van der Waals surface area contributed by atoms with Gasteiger partial charge in [0.05, 0.1) is 17.9 Å². The van der Waals surface area contributed by atoms with Crippen LogP contribution in [0.15, 0.2) is 53.6 Å². The molecule has 1 saturated carbocycles. The van der Waals surface area contributed by atoms with E-state index in [4.69, 9.17) is 16.3 Å². The number of halogens is 1. The van der Waals surface area contributed by atoms with E-state index in [1.165, 1.54) is 18.6 Å². The molecule has 3 aliphatic heterocycles. The van der Waals surface area contributed by atoms with Crippen molar-refractivity contribution >= 4 is 34.9 Å². The van der Waals surface area contributed by atoms with Gasteiger partial charge in [-0.3, -0.25) is 24.2 Å². The van der Waals surface area contributed by atoms with E-state index in [2.05, 4.69) is 29.1 Å². The maximum atomic E-state index is 14.4. The first-order valence-corrected chi connectivity index (χ1v) is 15.8. The average molecular weight is 607 g/mol. The number of amides is 2. The molecule has 2 amide bonds. The summed E-state index contributed by atoms with van der Waals surface area (Å²) in [7, 11) is 0. The molecule has 3 fully saturated rings. The summed E-state index contributed by atoms with van der Waals surface area (Å²) in [6, 6.07) is 5.21. The average Bonchev–Trinajstić information content (AvgIpc) is 3.61. The number of H-pyrrole nitrogens is 1. The Balaban J connectivity index is 1.31. The number of fused-ring (bicyclic) bond motifs is 1. The highest BCUT2D eigenvalue weighted by molar-refractivity contribution is 6.29. The summed E-state index contributed by atoms with van der Waals surface area (Å²) >= 11 is 6.05. The Morgan fingerprint density at radius 1 is 1.21 bits per heavy atom. The number of ether oxygens (including phenoxy) is 1. The quantitative estimate of drug-likeness (QED) is 0.319. The number of aryl methyl sites for hydroxylation is 1. The summed E-state index contributed by atoms with van der Waals surface area (Å²) in [5, 5.41) is 2.89. The number of nitrogens with one attached hydrogen (secondary N) is 2. The fourth-order valence-corrected chi connectivity index (χ4v) is 8.19. The molecule has 0 radical (unpaired) electrons. The fourth-order valence-electron chi connectivity index (χ4n) is 7.98. The van der Waals surface area contributed by atoms with Gasteiger partial charge in [-0.05, 0) is 67.7 Å². The van der Waals surface area contributed by atoms with Crippen LogP contribution < -0.4 is 10.9 Å². The molecule has 228 valence electrons. The van der Waals surface area contributed by atoms with Gasteiger partial charge < -0.3 is 19.9 Å². The molecule has 43 heavy (non-hydrogen) atoms. The van der Waals surface area contributed by atoms with Crippen molar-refractivity contribution < 1.29 is 19.1 Å². The third-order valence-electron chi connectivity index (χ3n) is 10.4. The van der Waals surface area contributed by atoms with Crippen molar-refractivity contribution in [3.05, 3.63) is 69.9 Å². The molecular formula is C33H39ClN4O5. The number of anilines is 1. The molecule has 0 aromatic carbocycles. The number of carbonyl (C=O) groups excluding carboxylic acids is 3. The van der Waals surface area contributed by atoms with E-state index < -0.39 is 41.0 Å². The monoisotopic (exact) mass is 606 g/mol. The van der Waals surface area contributed by atoms with Crippen LogP contribution in [0, 0.1) is 29.6 Å². The molecule has 2 bridgehead atoms. The Labute approximate surface area is 256 Å². The lowest BCUT2D eigenvalue weighted by atomic mass is 9.68. The van der Waals surface area contributed by atoms with Crippen molar-refractivity contribution in [2.45, 2.75) is 83.1 Å². The standard InChI is InChI=1S/C33H39ClN4O5/c1-18-5-4-6-22(20(18)3)15-24(39)28-25-9-12-33(43-25)29(28)32(42)38(19(2)7-8-21-10-13-35-14-11-21)30(33)31(41)36-23-16-26(34)37-27(40)17-23/h9-14,16-20,22,25,28-30H,4-8,15H2,1-3H3,(H2,36,37,40,41). The van der Waals surface area contributed by atoms with Crippen LogP contribution in [0.3, 0.4) is 0 Å². The van der Waals surface area contributed by atoms with E-state index in [0.717, 1.165) is 18.4 Å². The third-order valence-corrected chi connectivity index (χ3v) is 10.6. The Hall–Kier alpha value is -3.30. The SMILES string of the molecule is CC1CCCC(CC(=O)C2C3C=CC4(O3)C2C(=O)N(C(C)CCc2ccncc2)C4C(=O)Nc2cc(Cl)[nH]c(=O)c2)C1C. The highest BCUT2D eigenvalue weighted by Gasteiger charge is 2.73. The third kappa shape index (κ3) is 5.35. The molecule has 2 N–H and O–H groups in total. The molecule has 9 nitrogen and oxygen atoms in total. The lowest BCUT2D eigenvalue weighted by molar-refractivity contribution is -0.142. The van der Waals surface area contributed by atoms with Crippen molar-refractivity contribution in [2.24, 2.45) is 29.6 Å². The molecule has 10 heteroatoms. The van der Waals surface area contributed by atoms with E-state index in [-0.39, 0.29) is 34.5 Å². The number of hydrogen-bond acceptors (Lipinski definition) is 6. The molecule has 2 aromatic rings. The number of pyridine rings is 2.